The summed E-state index contributed by atoms with van der Waals surface area (Å²) in [6.45, 7) is 2.59. The molecular formula is C20H22N6O3S. The van der Waals surface area contributed by atoms with Crippen molar-refractivity contribution < 1.29 is 14.3 Å². The summed E-state index contributed by atoms with van der Waals surface area (Å²) in [5.41, 5.74) is 7.71. The summed E-state index contributed by atoms with van der Waals surface area (Å²) in [5, 5.41) is 8.46. The van der Waals surface area contributed by atoms with E-state index in [1.165, 1.54) is 29.9 Å². The summed E-state index contributed by atoms with van der Waals surface area (Å²) < 4.78 is 5.31. The molecule has 3 rings (SSSR count). The molecule has 3 amide bonds. The molecule has 0 fully saturated rings. The lowest BCUT2D eigenvalue weighted by Gasteiger charge is -2.07. The zero-order valence-electron chi connectivity index (χ0n) is 16.6. The second kappa shape index (κ2) is 9.81. The van der Waals surface area contributed by atoms with E-state index in [0.717, 1.165) is 21.8 Å². The molecule has 156 valence electrons. The van der Waals surface area contributed by atoms with Crippen molar-refractivity contribution in [2.24, 2.45) is 5.73 Å². The van der Waals surface area contributed by atoms with Crippen molar-refractivity contribution in [1.29, 1.82) is 0 Å². The number of anilines is 2. The zero-order chi connectivity index (χ0) is 21.5. The third-order valence-electron chi connectivity index (χ3n) is 4.12. The smallest absolute Gasteiger partial charge is 0.325 e. The normalized spacial score (nSPS) is 10.4. The Morgan fingerprint density at radius 3 is 2.70 bits per heavy atom. The Kier molecular flexibility index (Phi) is 6.94. The number of hydrogen-bond acceptors (Lipinski definition) is 7. The number of rotatable bonds is 7. The molecule has 0 atom stereocenters. The summed E-state index contributed by atoms with van der Waals surface area (Å²) >= 11 is 1.29. The fourth-order valence-electron chi connectivity index (χ4n) is 2.72. The van der Waals surface area contributed by atoms with Gasteiger partial charge in [-0.2, -0.15) is 0 Å². The number of ether oxygens (including phenoxy) is 1. The van der Waals surface area contributed by atoms with E-state index in [9.17, 15) is 9.59 Å². The number of carbonyl (C=O) groups excluding carboxylic acids is 2. The van der Waals surface area contributed by atoms with E-state index in [2.05, 4.69) is 25.9 Å². The molecule has 0 saturated carbocycles. The van der Waals surface area contributed by atoms with Gasteiger partial charge in [-0.25, -0.2) is 9.78 Å². The van der Waals surface area contributed by atoms with Crippen molar-refractivity contribution in [2.75, 3.05) is 30.8 Å². The number of aromatic nitrogens is 2. The third-order valence-corrected chi connectivity index (χ3v) is 5.22. The minimum Gasteiger partial charge on any atom is -0.496 e. The second-order valence-electron chi connectivity index (χ2n) is 6.25. The zero-order valence-corrected chi connectivity index (χ0v) is 17.4. The average molecular weight is 427 g/mol. The van der Waals surface area contributed by atoms with Crippen LogP contribution in [0.3, 0.4) is 0 Å². The van der Waals surface area contributed by atoms with Gasteiger partial charge >= 0.3 is 6.03 Å². The predicted octanol–water partition coefficient (Wildman–Crippen LogP) is 2.85. The lowest BCUT2D eigenvalue weighted by molar-refractivity contribution is 0.0956. The Morgan fingerprint density at radius 2 is 2.03 bits per heavy atom. The Morgan fingerprint density at radius 1 is 1.20 bits per heavy atom. The van der Waals surface area contributed by atoms with E-state index in [1.807, 2.05) is 25.1 Å². The SMILES string of the molecule is COc1ccc(-c2cc(C(=O)NCCN)c(NC(=O)Nc3cnccn3)s2)cc1C. The molecule has 30 heavy (non-hydrogen) atoms. The molecule has 0 aliphatic carbocycles. The predicted molar refractivity (Wildman–Crippen MR) is 117 cm³/mol. The topological polar surface area (TPSA) is 131 Å². The first kappa shape index (κ1) is 21.2. The first-order valence-corrected chi connectivity index (χ1v) is 9.94. The van der Waals surface area contributed by atoms with Crippen LogP contribution in [-0.4, -0.2) is 42.1 Å². The molecule has 10 heteroatoms. The van der Waals surface area contributed by atoms with Gasteiger partial charge < -0.3 is 15.8 Å². The van der Waals surface area contributed by atoms with Crippen LogP contribution in [0.5, 0.6) is 5.75 Å². The van der Waals surface area contributed by atoms with Crippen molar-refractivity contribution in [3.63, 3.8) is 0 Å². The standard InChI is InChI=1S/C20H22N6O3S/c1-12-9-13(3-4-15(12)29-2)16-10-14(18(27)24-6-5-21)19(30-16)26-20(28)25-17-11-22-7-8-23-17/h3-4,7-11H,5-6,21H2,1-2H3,(H,24,27)(H2,23,25,26,28). The Bertz CT molecular complexity index is 1040. The summed E-state index contributed by atoms with van der Waals surface area (Å²) in [6.07, 6.45) is 4.40. The van der Waals surface area contributed by atoms with E-state index in [1.54, 1.807) is 13.2 Å². The number of methoxy groups -OCH3 is 1. The first-order valence-electron chi connectivity index (χ1n) is 9.13. The summed E-state index contributed by atoms with van der Waals surface area (Å²) in [4.78, 5) is 33.7. The number of benzene rings is 1. The number of hydrogen-bond donors (Lipinski definition) is 4. The van der Waals surface area contributed by atoms with Crippen molar-refractivity contribution in [1.82, 2.24) is 15.3 Å². The van der Waals surface area contributed by atoms with Gasteiger partial charge in [0.25, 0.3) is 5.91 Å². The maximum absolute atomic E-state index is 12.6. The third kappa shape index (κ3) is 5.10. The molecule has 0 radical (unpaired) electrons. The summed E-state index contributed by atoms with van der Waals surface area (Å²) in [6, 6.07) is 6.96. The van der Waals surface area contributed by atoms with Gasteiger partial charge in [0, 0.05) is 30.4 Å². The van der Waals surface area contributed by atoms with Crippen LogP contribution in [0.1, 0.15) is 15.9 Å². The fourth-order valence-corrected chi connectivity index (χ4v) is 3.77. The highest BCUT2D eigenvalue weighted by Gasteiger charge is 2.19. The molecule has 0 aliphatic heterocycles. The van der Waals surface area contributed by atoms with E-state index < -0.39 is 6.03 Å². The van der Waals surface area contributed by atoms with Crippen molar-refractivity contribution in [3.05, 3.63) is 54.0 Å². The molecule has 2 heterocycles. The molecular weight excluding hydrogens is 404 g/mol. The highest BCUT2D eigenvalue weighted by Crippen LogP contribution is 2.37. The van der Waals surface area contributed by atoms with Gasteiger partial charge in [0.2, 0.25) is 0 Å². The highest BCUT2D eigenvalue weighted by molar-refractivity contribution is 7.20. The summed E-state index contributed by atoms with van der Waals surface area (Å²) in [7, 11) is 1.62. The molecule has 0 spiro atoms. The highest BCUT2D eigenvalue weighted by atomic mass is 32.1. The van der Waals surface area contributed by atoms with Crippen molar-refractivity contribution in [2.45, 2.75) is 6.92 Å². The molecule has 5 N–H and O–H groups in total. The lowest BCUT2D eigenvalue weighted by Crippen LogP contribution is -2.29. The van der Waals surface area contributed by atoms with Crippen LogP contribution < -0.4 is 26.4 Å². The van der Waals surface area contributed by atoms with E-state index >= 15 is 0 Å². The number of carbonyl (C=O) groups is 2. The van der Waals surface area contributed by atoms with Gasteiger partial charge in [-0.1, -0.05) is 0 Å². The molecule has 2 aromatic heterocycles. The van der Waals surface area contributed by atoms with Crippen LogP contribution in [0.2, 0.25) is 0 Å². The molecule has 0 aliphatic rings. The minimum absolute atomic E-state index is 0.298. The number of nitrogens with one attached hydrogen (secondary N) is 3. The van der Waals surface area contributed by atoms with Gasteiger partial charge in [-0.05, 0) is 42.3 Å². The molecule has 9 nitrogen and oxygen atoms in total. The number of amides is 3. The maximum atomic E-state index is 12.6. The van der Waals surface area contributed by atoms with Crippen molar-refractivity contribution >= 4 is 34.1 Å². The van der Waals surface area contributed by atoms with Crippen LogP contribution in [0.25, 0.3) is 10.4 Å². The average Bonchev–Trinajstić information content (AvgIpc) is 3.16. The van der Waals surface area contributed by atoms with Crippen LogP contribution in [0.15, 0.2) is 42.9 Å². The van der Waals surface area contributed by atoms with Gasteiger partial charge in [0.05, 0.1) is 18.9 Å². The number of thiophene rings is 1. The number of nitrogens with zero attached hydrogens (tertiary/aromatic N) is 2. The van der Waals surface area contributed by atoms with Gasteiger partial charge in [-0.15, -0.1) is 11.3 Å². The van der Waals surface area contributed by atoms with E-state index in [4.69, 9.17) is 10.5 Å². The largest absolute Gasteiger partial charge is 0.496 e. The van der Waals surface area contributed by atoms with Crippen LogP contribution in [0.4, 0.5) is 15.6 Å². The number of nitrogens with two attached hydrogens (primary N) is 1. The van der Waals surface area contributed by atoms with Gasteiger partial charge in [-0.3, -0.25) is 20.4 Å². The first-order chi connectivity index (χ1) is 14.5. The van der Waals surface area contributed by atoms with E-state index in [-0.39, 0.29) is 5.91 Å². The quantitative estimate of drug-likeness (QED) is 0.459. The molecule has 1 aromatic carbocycles. The van der Waals surface area contributed by atoms with Gasteiger partial charge in [0.1, 0.15) is 10.8 Å². The Hall–Kier alpha value is -3.50. The Labute approximate surface area is 177 Å². The van der Waals surface area contributed by atoms with Crippen LogP contribution in [0, 0.1) is 6.92 Å². The fraction of sp³-hybridized carbons (Fsp3) is 0.200. The number of urea groups is 1. The molecule has 0 saturated heterocycles. The molecule has 0 unspecified atom stereocenters. The lowest BCUT2D eigenvalue weighted by atomic mass is 10.1. The monoisotopic (exact) mass is 426 g/mol. The van der Waals surface area contributed by atoms with E-state index in [0.29, 0.717) is 29.5 Å². The number of aryl methyl sites for hydroxylation is 1. The maximum Gasteiger partial charge on any atom is 0.325 e. The van der Waals surface area contributed by atoms with Gasteiger partial charge in [0.15, 0.2) is 5.82 Å². The van der Waals surface area contributed by atoms with Crippen molar-refractivity contribution in [3.8, 4) is 16.2 Å². The second-order valence-corrected chi connectivity index (χ2v) is 7.30. The molecule has 3 aromatic rings. The minimum atomic E-state index is -0.525. The Balaban J connectivity index is 1.89. The van der Waals surface area contributed by atoms with Crippen LogP contribution >= 0.6 is 11.3 Å². The summed E-state index contributed by atoms with van der Waals surface area (Å²) in [5.74, 6) is 0.757. The molecule has 0 bridgehead atoms. The van der Waals surface area contributed by atoms with Crippen LogP contribution in [-0.2, 0) is 0 Å².